The summed E-state index contributed by atoms with van der Waals surface area (Å²) in [6.07, 6.45) is 1.69. The van der Waals surface area contributed by atoms with Crippen LogP contribution < -0.4 is 15.8 Å². The molecule has 0 bridgehead atoms. The van der Waals surface area contributed by atoms with Gasteiger partial charge in [0.1, 0.15) is 12.4 Å². The van der Waals surface area contributed by atoms with Crippen LogP contribution in [0, 0.1) is 0 Å². The monoisotopic (exact) mass is 326 g/mol. The second-order valence-corrected chi connectivity index (χ2v) is 5.89. The highest BCUT2D eigenvalue weighted by atomic mass is 16.5. The fourth-order valence-electron chi connectivity index (χ4n) is 2.67. The summed E-state index contributed by atoms with van der Waals surface area (Å²) in [5.74, 6) is 0.477. The van der Waals surface area contributed by atoms with Crippen molar-refractivity contribution in [2.45, 2.75) is 25.5 Å². The van der Waals surface area contributed by atoms with Gasteiger partial charge >= 0.3 is 0 Å². The normalized spacial score (nSPS) is 15.0. The third-order valence-electron chi connectivity index (χ3n) is 4.07. The molecule has 0 saturated carbocycles. The van der Waals surface area contributed by atoms with Crippen molar-refractivity contribution in [2.24, 2.45) is 0 Å². The van der Waals surface area contributed by atoms with Gasteiger partial charge in [0.15, 0.2) is 0 Å². The second kappa shape index (κ2) is 7.84. The first-order valence-corrected chi connectivity index (χ1v) is 8.17. The molecule has 3 N–H and O–H groups in total. The number of benzene rings is 2. The lowest BCUT2D eigenvalue weighted by Gasteiger charge is -2.23. The van der Waals surface area contributed by atoms with Gasteiger partial charge in [0.05, 0.1) is 5.69 Å². The molecular weight excluding hydrogens is 304 g/mol. The Morgan fingerprint density at radius 1 is 1.17 bits per heavy atom. The molecule has 1 amide bonds. The van der Waals surface area contributed by atoms with E-state index in [0.29, 0.717) is 36.8 Å². The molecule has 0 aliphatic carbocycles. The molecule has 0 spiro atoms. The molecule has 1 aliphatic heterocycles. The summed E-state index contributed by atoms with van der Waals surface area (Å²) < 4.78 is 11.0. The van der Waals surface area contributed by atoms with E-state index in [0.717, 1.165) is 18.4 Å². The van der Waals surface area contributed by atoms with E-state index < -0.39 is 0 Å². The number of amides is 1. The Kier molecular flexibility index (Phi) is 5.33. The zero-order chi connectivity index (χ0) is 16.8. The smallest absolute Gasteiger partial charge is 0.251 e. The summed E-state index contributed by atoms with van der Waals surface area (Å²) in [5, 5.41) is 3.02. The van der Waals surface area contributed by atoms with Crippen LogP contribution in [0.1, 0.15) is 28.8 Å². The third kappa shape index (κ3) is 4.26. The minimum Gasteiger partial charge on any atom is -0.487 e. The molecule has 0 unspecified atom stereocenters. The van der Waals surface area contributed by atoms with Gasteiger partial charge in [0, 0.05) is 24.8 Å². The zero-order valence-electron chi connectivity index (χ0n) is 13.5. The van der Waals surface area contributed by atoms with Crippen LogP contribution in [0.25, 0.3) is 0 Å². The SMILES string of the molecule is Nc1cc(C(=O)NC2CCOCC2)ccc1OCc1ccccc1. The molecule has 1 heterocycles. The number of nitrogen functional groups attached to an aromatic ring is 1. The summed E-state index contributed by atoms with van der Waals surface area (Å²) in [6.45, 7) is 1.83. The molecule has 5 nitrogen and oxygen atoms in total. The Bertz CT molecular complexity index is 682. The molecule has 126 valence electrons. The zero-order valence-corrected chi connectivity index (χ0v) is 13.5. The number of nitrogens with two attached hydrogens (primary N) is 1. The quantitative estimate of drug-likeness (QED) is 0.829. The number of carbonyl (C=O) groups is 1. The summed E-state index contributed by atoms with van der Waals surface area (Å²) in [6, 6.07) is 15.2. The summed E-state index contributed by atoms with van der Waals surface area (Å²) in [5.41, 5.74) is 8.11. The van der Waals surface area contributed by atoms with Crippen LogP contribution in [-0.2, 0) is 11.3 Å². The Morgan fingerprint density at radius 2 is 1.92 bits per heavy atom. The Morgan fingerprint density at radius 3 is 2.62 bits per heavy atom. The Balaban J connectivity index is 1.60. The minimum absolute atomic E-state index is 0.108. The molecule has 0 aromatic heterocycles. The number of hydrogen-bond donors (Lipinski definition) is 2. The van der Waals surface area contributed by atoms with E-state index in [4.69, 9.17) is 15.2 Å². The standard InChI is InChI=1S/C19H22N2O3/c20-17-12-15(19(22)21-16-8-10-23-11-9-16)6-7-18(17)24-13-14-4-2-1-3-5-14/h1-7,12,16H,8-11,13,20H2,(H,21,22). The first kappa shape index (κ1) is 16.3. The minimum atomic E-state index is -0.108. The van der Waals surface area contributed by atoms with Crippen molar-refractivity contribution < 1.29 is 14.3 Å². The highest BCUT2D eigenvalue weighted by Gasteiger charge is 2.17. The van der Waals surface area contributed by atoms with Crippen molar-refractivity contribution in [3.63, 3.8) is 0 Å². The Hall–Kier alpha value is -2.53. The highest BCUT2D eigenvalue weighted by molar-refractivity contribution is 5.95. The maximum atomic E-state index is 12.3. The predicted molar refractivity (Wildman–Crippen MR) is 92.9 cm³/mol. The van der Waals surface area contributed by atoms with Crippen LogP contribution in [0.4, 0.5) is 5.69 Å². The number of carbonyl (C=O) groups excluding carboxylic acids is 1. The molecule has 0 radical (unpaired) electrons. The van der Waals surface area contributed by atoms with Crippen molar-refractivity contribution in [3.05, 3.63) is 59.7 Å². The van der Waals surface area contributed by atoms with E-state index in [1.165, 1.54) is 0 Å². The molecule has 2 aromatic carbocycles. The molecule has 1 fully saturated rings. The largest absolute Gasteiger partial charge is 0.487 e. The van der Waals surface area contributed by atoms with Gasteiger partial charge in [-0.3, -0.25) is 4.79 Å². The molecule has 24 heavy (non-hydrogen) atoms. The van der Waals surface area contributed by atoms with Crippen LogP contribution in [-0.4, -0.2) is 25.2 Å². The van der Waals surface area contributed by atoms with Crippen LogP contribution >= 0.6 is 0 Å². The number of nitrogens with one attached hydrogen (secondary N) is 1. The van der Waals surface area contributed by atoms with E-state index in [1.54, 1.807) is 18.2 Å². The van der Waals surface area contributed by atoms with Gasteiger partial charge in [-0.1, -0.05) is 30.3 Å². The molecule has 0 atom stereocenters. The lowest BCUT2D eigenvalue weighted by atomic mass is 10.1. The van der Waals surface area contributed by atoms with Gasteiger partial charge in [-0.05, 0) is 36.6 Å². The number of anilines is 1. The number of ether oxygens (including phenoxy) is 2. The summed E-state index contributed by atoms with van der Waals surface area (Å²) in [4.78, 5) is 12.3. The van der Waals surface area contributed by atoms with Crippen molar-refractivity contribution in [1.29, 1.82) is 0 Å². The summed E-state index contributed by atoms with van der Waals surface area (Å²) in [7, 11) is 0. The van der Waals surface area contributed by atoms with E-state index in [-0.39, 0.29) is 11.9 Å². The average molecular weight is 326 g/mol. The van der Waals surface area contributed by atoms with Crippen molar-refractivity contribution in [3.8, 4) is 5.75 Å². The first-order valence-electron chi connectivity index (χ1n) is 8.17. The molecule has 3 rings (SSSR count). The van der Waals surface area contributed by atoms with E-state index in [9.17, 15) is 4.79 Å². The third-order valence-corrected chi connectivity index (χ3v) is 4.07. The fraction of sp³-hybridized carbons (Fsp3) is 0.316. The second-order valence-electron chi connectivity index (χ2n) is 5.89. The molecule has 5 heteroatoms. The maximum Gasteiger partial charge on any atom is 0.251 e. The van der Waals surface area contributed by atoms with Gasteiger partial charge in [-0.15, -0.1) is 0 Å². The van der Waals surface area contributed by atoms with E-state index >= 15 is 0 Å². The van der Waals surface area contributed by atoms with E-state index in [2.05, 4.69) is 5.32 Å². The van der Waals surface area contributed by atoms with Crippen LogP contribution in [0.3, 0.4) is 0 Å². The van der Waals surface area contributed by atoms with Gasteiger partial charge in [0.25, 0.3) is 5.91 Å². The van der Waals surface area contributed by atoms with Gasteiger partial charge in [-0.25, -0.2) is 0 Å². The van der Waals surface area contributed by atoms with Crippen LogP contribution in [0.15, 0.2) is 48.5 Å². The number of rotatable bonds is 5. The Labute approximate surface area is 141 Å². The molecule has 1 aliphatic rings. The van der Waals surface area contributed by atoms with Crippen molar-refractivity contribution in [1.82, 2.24) is 5.32 Å². The average Bonchev–Trinajstić information content (AvgIpc) is 2.62. The van der Waals surface area contributed by atoms with E-state index in [1.807, 2.05) is 30.3 Å². The van der Waals surface area contributed by atoms with Gasteiger partial charge in [-0.2, -0.15) is 0 Å². The maximum absolute atomic E-state index is 12.3. The van der Waals surface area contributed by atoms with Crippen molar-refractivity contribution in [2.75, 3.05) is 18.9 Å². The highest BCUT2D eigenvalue weighted by Crippen LogP contribution is 2.24. The van der Waals surface area contributed by atoms with Crippen LogP contribution in [0.2, 0.25) is 0 Å². The molecular formula is C19H22N2O3. The van der Waals surface area contributed by atoms with Crippen molar-refractivity contribution >= 4 is 11.6 Å². The fourth-order valence-corrected chi connectivity index (χ4v) is 2.67. The lowest BCUT2D eigenvalue weighted by Crippen LogP contribution is -2.38. The number of hydrogen-bond acceptors (Lipinski definition) is 4. The topological polar surface area (TPSA) is 73.6 Å². The first-order chi connectivity index (χ1) is 11.7. The van der Waals surface area contributed by atoms with Gasteiger partial charge < -0.3 is 20.5 Å². The van der Waals surface area contributed by atoms with Crippen LogP contribution in [0.5, 0.6) is 5.75 Å². The van der Waals surface area contributed by atoms with Gasteiger partial charge in [0.2, 0.25) is 0 Å². The predicted octanol–water partition coefficient (Wildman–Crippen LogP) is 2.76. The molecule has 1 saturated heterocycles. The lowest BCUT2D eigenvalue weighted by molar-refractivity contribution is 0.0696. The molecule has 2 aromatic rings. The summed E-state index contributed by atoms with van der Waals surface area (Å²) >= 11 is 0.